The molecule has 0 atom stereocenters. The maximum Gasteiger partial charge on any atom is 0.290 e. The number of pyridine rings is 1. The Morgan fingerprint density at radius 3 is 2.28 bits per heavy atom. The Labute approximate surface area is 149 Å². The van der Waals surface area contributed by atoms with E-state index in [9.17, 15) is 4.79 Å². The van der Waals surface area contributed by atoms with Crippen LogP contribution < -0.4 is 9.88 Å². The van der Waals surface area contributed by atoms with Gasteiger partial charge in [-0.1, -0.05) is 56.3 Å². The highest BCUT2D eigenvalue weighted by atomic mass is 16.1. The number of amides is 1. The van der Waals surface area contributed by atoms with Gasteiger partial charge in [0.05, 0.1) is 0 Å². The van der Waals surface area contributed by atoms with Crippen molar-refractivity contribution in [3.8, 4) is 11.1 Å². The Balaban J connectivity index is 1.67. The number of anilines is 1. The van der Waals surface area contributed by atoms with Gasteiger partial charge < -0.3 is 5.32 Å². The summed E-state index contributed by atoms with van der Waals surface area (Å²) in [5.41, 5.74) is 4.33. The van der Waals surface area contributed by atoms with Crippen molar-refractivity contribution in [1.29, 1.82) is 0 Å². The zero-order valence-corrected chi connectivity index (χ0v) is 14.6. The molecule has 0 aliphatic rings. The summed E-state index contributed by atoms with van der Waals surface area (Å²) < 4.78 is 1.90. The van der Waals surface area contributed by atoms with E-state index < -0.39 is 0 Å². The summed E-state index contributed by atoms with van der Waals surface area (Å²) in [6.07, 6.45) is 3.91. The monoisotopic (exact) mass is 331 g/mol. The zero-order chi connectivity index (χ0) is 17.6. The van der Waals surface area contributed by atoms with E-state index in [0.717, 1.165) is 16.8 Å². The molecule has 3 heteroatoms. The SMILES string of the molecule is CC(C)c1ccc(NC(=O)C[n+]2cccc(-c3ccccc3)c2)cc1. The molecule has 3 aromatic rings. The standard InChI is InChI=1S/C22H22N2O/c1-17(2)18-10-12-21(13-11-18)23-22(25)16-24-14-6-9-20(15-24)19-7-4-3-5-8-19/h3-15,17H,16H2,1-2H3/p+1. The number of hydrogen-bond donors (Lipinski definition) is 1. The molecule has 0 unspecified atom stereocenters. The Hall–Kier alpha value is -2.94. The van der Waals surface area contributed by atoms with E-state index in [1.807, 2.05) is 59.4 Å². The van der Waals surface area contributed by atoms with Crippen molar-refractivity contribution in [3.63, 3.8) is 0 Å². The largest absolute Gasteiger partial charge is 0.321 e. The lowest BCUT2D eigenvalue weighted by Gasteiger charge is -2.07. The Morgan fingerprint density at radius 2 is 1.60 bits per heavy atom. The van der Waals surface area contributed by atoms with Crippen molar-refractivity contribution in [2.24, 2.45) is 0 Å². The molecule has 1 heterocycles. The summed E-state index contributed by atoms with van der Waals surface area (Å²) in [6.45, 7) is 4.60. The second kappa shape index (κ2) is 7.75. The fourth-order valence-corrected chi connectivity index (χ4v) is 2.74. The van der Waals surface area contributed by atoms with Crippen LogP contribution in [0.5, 0.6) is 0 Å². The summed E-state index contributed by atoms with van der Waals surface area (Å²) in [7, 11) is 0. The van der Waals surface area contributed by atoms with Crippen LogP contribution in [-0.4, -0.2) is 5.91 Å². The normalized spacial score (nSPS) is 10.7. The first-order valence-corrected chi connectivity index (χ1v) is 8.56. The minimum atomic E-state index is -0.0347. The first-order valence-electron chi connectivity index (χ1n) is 8.56. The van der Waals surface area contributed by atoms with Crippen LogP contribution in [0.2, 0.25) is 0 Å². The van der Waals surface area contributed by atoms with Crippen LogP contribution in [0.4, 0.5) is 5.69 Å². The second-order valence-corrected chi connectivity index (χ2v) is 6.46. The van der Waals surface area contributed by atoms with Gasteiger partial charge in [-0.25, -0.2) is 0 Å². The lowest BCUT2D eigenvalue weighted by molar-refractivity contribution is -0.683. The number of hydrogen-bond acceptors (Lipinski definition) is 1. The molecular weight excluding hydrogens is 308 g/mol. The summed E-state index contributed by atoms with van der Waals surface area (Å²) in [4.78, 5) is 12.3. The maximum atomic E-state index is 12.3. The van der Waals surface area contributed by atoms with Crippen LogP contribution in [-0.2, 0) is 11.3 Å². The molecule has 0 aliphatic heterocycles. The number of benzene rings is 2. The summed E-state index contributed by atoms with van der Waals surface area (Å²) in [5, 5.41) is 2.96. The van der Waals surface area contributed by atoms with Gasteiger partial charge in [0.2, 0.25) is 6.54 Å². The Bertz CT molecular complexity index is 839. The minimum absolute atomic E-state index is 0.0347. The molecule has 0 saturated heterocycles. The van der Waals surface area contributed by atoms with E-state index in [1.54, 1.807) is 0 Å². The predicted octanol–water partition coefficient (Wildman–Crippen LogP) is 4.40. The van der Waals surface area contributed by atoms with Crippen LogP contribution in [0.1, 0.15) is 25.3 Å². The third-order valence-electron chi connectivity index (χ3n) is 4.15. The molecule has 25 heavy (non-hydrogen) atoms. The maximum absolute atomic E-state index is 12.3. The van der Waals surface area contributed by atoms with Gasteiger partial charge in [0, 0.05) is 17.3 Å². The van der Waals surface area contributed by atoms with Crippen molar-refractivity contribution < 1.29 is 9.36 Å². The Morgan fingerprint density at radius 1 is 0.920 bits per heavy atom. The van der Waals surface area contributed by atoms with Gasteiger partial charge >= 0.3 is 0 Å². The highest BCUT2D eigenvalue weighted by molar-refractivity contribution is 5.89. The minimum Gasteiger partial charge on any atom is -0.321 e. The second-order valence-electron chi connectivity index (χ2n) is 6.46. The van der Waals surface area contributed by atoms with Gasteiger partial charge in [0.15, 0.2) is 12.4 Å². The van der Waals surface area contributed by atoms with Crippen molar-refractivity contribution in [1.82, 2.24) is 0 Å². The first kappa shape index (κ1) is 16.9. The summed E-state index contributed by atoms with van der Waals surface area (Å²) in [6, 6.07) is 22.2. The quantitative estimate of drug-likeness (QED) is 0.691. The fourth-order valence-electron chi connectivity index (χ4n) is 2.74. The average molecular weight is 331 g/mol. The molecule has 0 bridgehead atoms. The molecule has 0 radical (unpaired) electrons. The number of aromatic nitrogens is 1. The van der Waals surface area contributed by atoms with Crippen molar-refractivity contribution >= 4 is 11.6 Å². The number of carbonyl (C=O) groups is 1. The van der Waals surface area contributed by atoms with E-state index in [0.29, 0.717) is 5.92 Å². The molecule has 126 valence electrons. The third kappa shape index (κ3) is 4.54. The number of rotatable bonds is 5. The molecular formula is C22H23N2O+. The van der Waals surface area contributed by atoms with Crippen LogP contribution in [0.3, 0.4) is 0 Å². The number of carbonyl (C=O) groups excluding carboxylic acids is 1. The van der Waals surface area contributed by atoms with Gasteiger partial charge in [0.1, 0.15) is 0 Å². The lowest BCUT2D eigenvalue weighted by atomic mass is 10.0. The predicted molar refractivity (Wildman–Crippen MR) is 101 cm³/mol. The average Bonchev–Trinajstić information content (AvgIpc) is 2.63. The van der Waals surface area contributed by atoms with E-state index in [2.05, 4.69) is 43.4 Å². The molecule has 2 aromatic carbocycles. The summed E-state index contributed by atoms with van der Waals surface area (Å²) in [5.74, 6) is 0.452. The molecule has 3 nitrogen and oxygen atoms in total. The Kier molecular flexibility index (Phi) is 5.24. The van der Waals surface area contributed by atoms with Crippen molar-refractivity contribution in [2.45, 2.75) is 26.3 Å². The van der Waals surface area contributed by atoms with Crippen molar-refractivity contribution in [3.05, 3.63) is 84.7 Å². The van der Waals surface area contributed by atoms with E-state index in [4.69, 9.17) is 0 Å². The van der Waals surface area contributed by atoms with Crippen LogP contribution in [0, 0.1) is 0 Å². The molecule has 0 fully saturated rings. The highest BCUT2D eigenvalue weighted by Crippen LogP contribution is 2.17. The molecule has 0 spiro atoms. The molecule has 3 rings (SSSR count). The third-order valence-corrected chi connectivity index (χ3v) is 4.15. The van der Waals surface area contributed by atoms with Gasteiger partial charge in [0.25, 0.3) is 5.91 Å². The highest BCUT2D eigenvalue weighted by Gasteiger charge is 2.11. The van der Waals surface area contributed by atoms with Gasteiger partial charge in [-0.15, -0.1) is 0 Å². The smallest absolute Gasteiger partial charge is 0.290 e. The topological polar surface area (TPSA) is 33.0 Å². The molecule has 0 aliphatic carbocycles. The summed E-state index contributed by atoms with van der Waals surface area (Å²) >= 11 is 0. The van der Waals surface area contributed by atoms with E-state index in [-0.39, 0.29) is 12.5 Å². The van der Waals surface area contributed by atoms with Gasteiger partial charge in [-0.2, -0.15) is 4.57 Å². The van der Waals surface area contributed by atoms with Crippen LogP contribution in [0.25, 0.3) is 11.1 Å². The lowest BCUT2D eigenvalue weighted by Crippen LogP contribution is -2.39. The van der Waals surface area contributed by atoms with Gasteiger partial charge in [-0.3, -0.25) is 4.79 Å². The van der Waals surface area contributed by atoms with Crippen LogP contribution in [0.15, 0.2) is 79.1 Å². The molecule has 1 N–H and O–H groups in total. The number of nitrogens with one attached hydrogen (secondary N) is 1. The van der Waals surface area contributed by atoms with Crippen molar-refractivity contribution in [2.75, 3.05) is 5.32 Å². The molecule has 1 amide bonds. The van der Waals surface area contributed by atoms with E-state index >= 15 is 0 Å². The van der Waals surface area contributed by atoms with Crippen LogP contribution >= 0.6 is 0 Å². The number of nitrogens with zero attached hydrogens (tertiary/aromatic N) is 1. The first-order chi connectivity index (χ1) is 12.1. The molecule has 1 aromatic heterocycles. The molecule has 0 saturated carbocycles. The fraction of sp³-hybridized carbons (Fsp3) is 0.182. The van der Waals surface area contributed by atoms with Gasteiger partial charge in [-0.05, 0) is 35.2 Å². The zero-order valence-electron chi connectivity index (χ0n) is 14.6. The van der Waals surface area contributed by atoms with E-state index in [1.165, 1.54) is 5.56 Å².